The molecule has 0 aliphatic heterocycles. The maximum Gasteiger partial charge on any atom is 0.335 e. The number of alkyl halides is 2. The molecule has 3 rings (SSSR count). The summed E-state index contributed by atoms with van der Waals surface area (Å²) in [4.78, 5) is 47.3. The smallest absolute Gasteiger partial charge is 0.335 e. The van der Waals surface area contributed by atoms with Gasteiger partial charge in [0.05, 0.1) is 38.5 Å². The van der Waals surface area contributed by atoms with Gasteiger partial charge in [0, 0.05) is 23.7 Å². The molecule has 3 aliphatic rings. The molecule has 0 aromatic carbocycles. The van der Waals surface area contributed by atoms with Gasteiger partial charge in [0.1, 0.15) is 0 Å². The van der Waals surface area contributed by atoms with E-state index < -0.39 is 56.9 Å². The number of carbonyl (C=O) groups is 4. The minimum atomic E-state index is -2.21. The van der Waals surface area contributed by atoms with Gasteiger partial charge in [-0.3, -0.25) is 9.59 Å². The molecule has 0 aromatic rings. The van der Waals surface area contributed by atoms with Crippen LogP contribution in [0.2, 0.25) is 0 Å². The summed E-state index contributed by atoms with van der Waals surface area (Å²) in [5.74, 6) is -7.63. The van der Waals surface area contributed by atoms with Crippen molar-refractivity contribution in [1.29, 1.82) is 0 Å². The Morgan fingerprint density at radius 1 is 0.750 bits per heavy atom. The Labute approximate surface area is 204 Å². The fourth-order valence-electron chi connectivity index (χ4n) is 5.03. The third-order valence-corrected chi connectivity index (χ3v) is 8.66. The van der Waals surface area contributed by atoms with E-state index in [1.807, 2.05) is 0 Å². The highest BCUT2D eigenvalue weighted by Gasteiger charge is 2.68. The fraction of sp³-hybridized carbons (Fsp3) is 0.600. The van der Waals surface area contributed by atoms with Crippen LogP contribution in [0.25, 0.3) is 0 Å². The van der Waals surface area contributed by atoms with E-state index in [1.165, 1.54) is 14.2 Å². The van der Waals surface area contributed by atoms with Crippen LogP contribution in [0.15, 0.2) is 21.6 Å². The zero-order valence-electron chi connectivity index (χ0n) is 17.5. The molecule has 32 heavy (non-hydrogen) atoms. The Morgan fingerprint density at radius 3 is 1.38 bits per heavy atom. The number of esters is 2. The van der Waals surface area contributed by atoms with Crippen molar-refractivity contribution in [3.05, 3.63) is 21.6 Å². The van der Waals surface area contributed by atoms with Crippen LogP contribution in [0, 0.1) is 23.7 Å². The van der Waals surface area contributed by atoms with Gasteiger partial charge in [0.15, 0.2) is 11.5 Å². The molecule has 0 aromatic heterocycles. The van der Waals surface area contributed by atoms with Gasteiger partial charge in [0.25, 0.3) is 0 Å². The molecule has 176 valence electrons. The van der Waals surface area contributed by atoms with E-state index in [0.29, 0.717) is 0 Å². The molecule has 0 amide bonds. The molecule has 4 unspecified atom stereocenters. The first-order valence-electron chi connectivity index (χ1n) is 9.48. The monoisotopic (exact) mass is 528 g/mol. The molecular formula is C20H20Cl4O8. The van der Waals surface area contributed by atoms with E-state index >= 15 is 0 Å². The van der Waals surface area contributed by atoms with Crippen molar-refractivity contribution in [2.75, 3.05) is 28.4 Å². The summed E-state index contributed by atoms with van der Waals surface area (Å²) in [6, 6.07) is 0. The Kier molecular flexibility index (Phi) is 6.84. The zero-order valence-corrected chi connectivity index (χ0v) is 20.5. The first-order chi connectivity index (χ1) is 15.0. The third-order valence-electron chi connectivity index (χ3n) is 6.54. The molecule has 0 heterocycles. The summed E-state index contributed by atoms with van der Waals surface area (Å²) < 4.78 is 19.9. The van der Waals surface area contributed by atoms with Gasteiger partial charge in [-0.05, 0) is 12.8 Å². The summed E-state index contributed by atoms with van der Waals surface area (Å²) in [5.41, 5.74) is 0. The van der Waals surface area contributed by atoms with E-state index in [4.69, 9.17) is 65.4 Å². The average Bonchev–Trinajstić information content (AvgIpc) is 2.80. The minimum absolute atomic E-state index is 0.0553. The predicted molar refractivity (Wildman–Crippen MR) is 114 cm³/mol. The van der Waals surface area contributed by atoms with E-state index in [2.05, 4.69) is 0 Å². The molecule has 6 atom stereocenters. The van der Waals surface area contributed by atoms with Crippen molar-refractivity contribution in [3.63, 3.8) is 0 Å². The van der Waals surface area contributed by atoms with Crippen molar-refractivity contribution >= 4 is 69.9 Å². The zero-order chi connectivity index (χ0) is 24.2. The number of carbonyl (C=O) groups excluding carboxylic acids is 4. The maximum atomic E-state index is 13.1. The summed E-state index contributed by atoms with van der Waals surface area (Å²) in [6.45, 7) is 0. The molecule has 0 radical (unpaired) electrons. The van der Waals surface area contributed by atoms with Crippen molar-refractivity contribution in [1.82, 2.24) is 0 Å². The lowest BCUT2D eigenvalue weighted by atomic mass is 9.56. The van der Waals surface area contributed by atoms with Gasteiger partial charge in [-0.25, -0.2) is 9.59 Å². The van der Waals surface area contributed by atoms with Crippen molar-refractivity contribution < 1.29 is 38.1 Å². The third kappa shape index (κ3) is 3.17. The van der Waals surface area contributed by atoms with Crippen LogP contribution in [0.3, 0.4) is 0 Å². The summed E-state index contributed by atoms with van der Waals surface area (Å²) in [7, 11) is 4.63. The highest BCUT2D eigenvalue weighted by Crippen LogP contribution is 2.60. The molecule has 0 saturated heterocycles. The van der Waals surface area contributed by atoms with Crippen molar-refractivity contribution in [3.8, 4) is 0 Å². The van der Waals surface area contributed by atoms with Crippen LogP contribution >= 0.6 is 46.4 Å². The number of fused-ring (bicyclic) bond motifs is 2. The Bertz CT molecular complexity index is 885. The van der Waals surface area contributed by atoms with Gasteiger partial charge in [0.2, 0.25) is 21.3 Å². The van der Waals surface area contributed by atoms with Gasteiger partial charge >= 0.3 is 11.9 Å². The number of ketones is 2. The van der Waals surface area contributed by atoms with Gasteiger partial charge in [-0.2, -0.15) is 0 Å². The number of hydrogen-bond donors (Lipinski definition) is 0. The molecule has 0 bridgehead atoms. The Hall–Kier alpha value is -1.48. The number of hydrogen-bond acceptors (Lipinski definition) is 8. The van der Waals surface area contributed by atoms with E-state index in [-0.39, 0.29) is 34.4 Å². The number of ether oxygens (including phenoxy) is 4. The van der Waals surface area contributed by atoms with Crippen LogP contribution in [0.5, 0.6) is 0 Å². The SMILES string of the molecule is COC(=O)[C@@]1(Cl)C(=O)C(OC)=C(Cl)C2CC3C(Cl)=C(OC)C(=O)[C@@](Cl)(C(=O)OC)C3CC21. The topological polar surface area (TPSA) is 105 Å². The van der Waals surface area contributed by atoms with Crippen LogP contribution in [-0.2, 0) is 38.1 Å². The number of Topliss-reactive ketones (excluding diaryl/α,β-unsaturated/α-hetero) is 2. The van der Waals surface area contributed by atoms with Gasteiger partial charge in [-0.1, -0.05) is 46.4 Å². The Morgan fingerprint density at radius 2 is 1.09 bits per heavy atom. The van der Waals surface area contributed by atoms with Crippen molar-refractivity contribution in [2.24, 2.45) is 23.7 Å². The minimum Gasteiger partial charge on any atom is -0.492 e. The fourth-order valence-corrected chi connectivity index (χ4v) is 6.65. The lowest BCUT2D eigenvalue weighted by molar-refractivity contribution is -0.154. The second-order valence-corrected chi connectivity index (χ2v) is 9.73. The van der Waals surface area contributed by atoms with Crippen LogP contribution in [-0.4, -0.2) is 61.7 Å². The van der Waals surface area contributed by atoms with E-state index in [0.717, 1.165) is 14.2 Å². The quantitative estimate of drug-likeness (QED) is 0.311. The first-order valence-corrected chi connectivity index (χ1v) is 11.0. The highest BCUT2D eigenvalue weighted by molar-refractivity contribution is 6.51. The molecule has 0 N–H and O–H groups in total. The molecule has 8 nitrogen and oxygen atoms in total. The maximum absolute atomic E-state index is 13.1. The second-order valence-electron chi connectivity index (χ2n) is 7.72. The highest BCUT2D eigenvalue weighted by atomic mass is 35.5. The normalized spacial score (nSPS) is 36.9. The Balaban J connectivity index is 2.25. The summed E-state index contributed by atoms with van der Waals surface area (Å²) >= 11 is 26.3. The second kappa shape index (κ2) is 8.70. The molecule has 0 spiro atoms. The van der Waals surface area contributed by atoms with E-state index in [9.17, 15) is 19.2 Å². The van der Waals surface area contributed by atoms with E-state index in [1.54, 1.807) is 0 Å². The summed E-state index contributed by atoms with van der Waals surface area (Å²) in [5, 5.41) is 0.111. The van der Waals surface area contributed by atoms with Gasteiger partial charge in [-0.15, -0.1) is 0 Å². The van der Waals surface area contributed by atoms with Crippen LogP contribution in [0.4, 0.5) is 0 Å². The molecule has 3 aliphatic carbocycles. The molecule has 12 heteroatoms. The summed E-state index contributed by atoms with van der Waals surface area (Å²) in [6.07, 6.45) is -0.0331. The number of halogens is 4. The standard InChI is InChI=1S/C20H20Cl4O8/c1-29-13-11(21)7-5-8-10(6-9(7)19(23,15(13)25)17(27)31-3)20(24,18(28)32-4)16(26)14(30-2)12(8)22/h7-10H,5-6H2,1-4H3/t7?,8?,9?,10?,19-,20+. The lowest BCUT2D eigenvalue weighted by Gasteiger charge is -2.52. The van der Waals surface area contributed by atoms with Crippen molar-refractivity contribution in [2.45, 2.75) is 22.6 Å². The lowest BCUT2D eigenvalue weighted by Crippen LogP contribution is -2.62. The average molecular weight is 530 g/mol. The molecular weight excluding hydrogens is 510 g/mol. The van der Waals surface area contributed by atoms with Gasteiger partial charge < -0.3 is 18.9 Å². The number of rotatable bonds is 4. The molecule has 1 fully saturated rings. The molecule has 1 saturated carbocycles. The number of allylic oxidation sites excluding steroid dienone is 4. The van der Waals surface area contributed by atoms with Crippen LogP contribution < -0.4 is 0 Å². The number of methoxy groups -OCH3 is 4. The predicted octanol–water partition coefficient (Wildman–Crippen LogP) is 2.91. The largest absolute Gasteiger partial charge is 0.492 e. The van der Waals surface area contributed by atoms with Crippen LogP contribution in [0.1, 0.15) is 12.8 Å². The first kappa shape index (κ1) is 25.1.